The summed E-state index contributed by atoms with van der Waals surface area (Å²) in [6.45, 7) is 0.629. The van der Waals surface area contributed by atoms with Crippen molar-refractivity contribution in [1.29, 1.82) is 0 Å². The molecule has 0 saturated heterocycles. The monoisotopic (exact) mass is 317 g/mol. The second-order valence-corrected chi connectivity index (χ2v) is 6.60. The molecule has 2 aromatic rings. The summed E-state index contributed by atoms with van der Waals surface area (Å²) in [6.07, 6.45) is 3.52. The molecule has 0 aliphatic rings. The molecular formula is C8H11N7OS3. The molecule has 0 spiro atoms. The third-order valence-corrected chi connectivity index (χ3v) is 5.02. The van der Waals surface area contributed by atoms with E-state index in [4.69, 9.17) is 5.84 Å². The number of rotatable bonds is 6. The molecule has 0 radical (unpaired) electrons. The highest BCUT2D eigenvalue weighted by atomic mass is 32.2. The van der Waals surface area contributed by atoms with Gasteiger partial charge >= 0.3 is 0 Å². The lowest BCUT2D eigenvalue weighted by atomic mass is 10.5. The Morgan fingerprint density at radius 1 is 1.47 bits per heavy atom. The van der Waals surface area contributed by atoms with Crippen LogP contribution in [0.15, 0.2) is 14.9 Å². The van der Waals surface area contributed by atoms with Gasteiger partial charge in [-0.25, -0.2) is 5.84 Å². The van der Waals surface area contributed by atoms with E-state index in [0.29, 0.717) is 6.54 Å². The number of thioether (sulfide) groups is 2. The summed E-state index contributed by atoms with van der Waals surface area (Å²) in [6, 6.07) is 0. The molecule has 2 aromatic heterocycles. The van der Waals surface area contributed by atoms with Gasteiger partial charge in [0.1, 0.15) is 0 Å². The van der Waals surface area contributed by atoms with Gasteiger partial charge in [-0.2, -0.15) is 0 Å². The second-order valence-electron chi connectivity index (χ2n) is 3.23. The summed E-state index contributed by atoms with van der Waals surface area (Å²) >= 11 is 4.73. The molecule has 8 nitrogen and oxygen atoms in total. The lowest BCUT2D eigenvalue weighted by Crippen LogP contribution is -2.30. The predicted octanol–water partition coefficient (Wildman–Crippen LogP) is 0.247. The van der Waals surface area contributed by atoms with Crippen LogP contribution in [0.2, 0.25) is 0 Å². The van der Waals surface area contributed by atoms with E-state index in [9.17, 15) is 4.79 Å². The highest BCUT2D eigenvalue weighted by Crippen LogP contribution is 2.27. The number of aromatic nitrogens is 5. The molecule has 2 heterocycles. The third kappa shape index (κ3) is 3.89. The third-order valence-electron chi connectivity index (χ3n) is 2.01. The van der Waals surface area contributed by atoms with E-state index in [1.54, 1.807) is 45.7 Å². The fourth-order valence-corrected chi connectivity index (χ4v) is 3.59. The first-order valence-corrected chi connectivity index (χ1v) is 8.17. The van der Waals surface area contributed by atoms with Crippen LogP contribution >= 0.6 is 34.9 Å². The zero-order valence-corrected chi connectivity index (χ0v) is 12.4. The van der Waals surface area contributed by atoms with Crippen LogP contribution in [0.25, 0.3) is 0 Å². The van der Waals surface area contributed by atoms with Crippen molar-refractivity contribution in [3.8, 4) is 0 Å². The number of aryl methyl sites for hydroxylation is 1. The Morgan fingerprint density at radius 3 is 2.95 bits per heavy atom. The second kappa shape index (κ2) is 6.84. The van der Waals surface area contributed by atoms with Crippen LogP contribution in [0.5, 0.6) is 0 Å². The summed E-state index contributed by atoms with van der Waals surface area (Å²) in [7, 11) is 0. The Bertz CT molecular complexity index is 554. The van der Waals surface area contributed by atoms with Crippen molar-refractivity contribution in [3.63, 3.8) is 0 Å². The number of nitrogen functional groups attached to an aromatic ring is 1. The minimum atomic E-state index is -0.451. The number of nitrogens with zero attached hydrogens (tertiary/aromatic N) is 5. The highest BCUT2D eigenvalue weighted by molar-refractivity contribution is 8.02. The van der Waals surface area contributed by atoms with Crippen LogP contribution in [-0.4, -0.2) is 43.1 Å². The lowest BCUT2D eigenvalue weighted by Gasteiger charge is -1.97. The number of hydrogen-bond acceptors (Lipinski definition) is 9. The summed E-state index contributed by atoms with van der Waals surface area (Å²) in [4.78, 5) is 11.2. The summed E-state index contributed by atoms with van der Waals surface area (Å²) in [5.41, 5.74) is 2.21. The van der Waals surface area contributed by atoms with E-state index in [1.807, 2.05) is 11.7 Å². The Labute approximate surface area is 121 Å². The molecule has 0 saturated carbocycles. The number of hydrazine groups is 1. The molecule has 102 valence electrons. The first kappa shape index (κ1) is 14.2. The Balaban J connectivity index is 1.82. The molecule has 11 heteroatoms. The highest BCUT2D eigenvalue weighted by Gasteiger charge is 2.09. The molecule has 19 heavy (non-hydrogen) atoms. The summed E-state index contributed by atoms with van der Waals surface area (Å²) in [5.74, 6) is 5.33. The van der Waals surface area contributed by atoms with Crippen LogP contribution in [0.3, 0.4) is 0 Å². The maximum absolute atomic E-state index is 11.2. The minimum absolute atomic E-state index is 0.202. The van der Waals surface area contributed by atoms with Gasteiger partial charge in [0.15, 0.2) is 14.4 Å². The van der Waals surface area contributed by atoms with Crippen LogP contribution in [0.1, 0.15) is 10.5 Å². The molecule has 0 bridgehead atoms. The largest absolute Gasteiger partial charge is 0.289 e. The van der Waals surface area contributed by atoms with Crippen LogP contribution < -0.4 is 11.3 Å². The number of nitrogens with one attached hydrogen (secondary N) is 1. The van der Waals surface area contributed by atoms with Crippen molar-refractivity contribution in [2.75, 3.05) is 12.0 Å². The number of hydrogen-bond donors (Lipinski definition) is 2. The molecule has 2 rings (SSSR count). The van der Waals surface area contributed by atoms with E-state index in [2.05, 4.69) is 20.5 Å². The van der Waals surface area contributed by atoms with Gasteiger partial charge in [-0.05, 0) is 6.26 Å². The standard InChI is InChI=1S/C8H11N7OS3/c1-17-7-12-13-8(19-7)18-3-2-15-4-5(11-14-15)6(16)10-9/h4H,2-3,9H2,1H3,(H,10,16). The zero-order valence-electron chi connectivity index (χ0n) is 9.94. The molecule has 0 aliphatic heterocycles. The Morgan fingerprint density at radius 2 is 2.26 bits per heavy atom. The molecule has 3 N–H and O–H groups in total. The normalized spacial score (nSPS) is 10.6. The maximum atomic E-state index is 11.2. The van der Waals surface area contributed by atoms with E-state index < -0.39 is 5.91 Å². The summed E-state index contributed by atoms with van der Waals surface area (Å²) in [5, 5.41) is 15.6. The molecule has 0 aromatic carbocycles. The van der Waals surface area contributed by atoms with E-state index in [-0.39, 0.29) is 5.69 Å². The molecule has 0 fully saturated rings. The smallest absolute Gasteiger partial charge is 0.287 e. The number of carbonyl (C=O) groups is 1. The van der Waals surface area contributed by atoms with Gasteiger partial charge in [0, 0.05) is 5.75 Å². The van der Waals surface area contributed by atoms with E-state index in [0.717, 1.165) is 14.4 Å². The van der Waals surface area contributed by atoms with Crippen molar-refractivity contribution in [1.82, 2.24) is 30.6 Å². The van der Waals surface area contributed by atoms with Gasteiger partial charge in [-0.15, -0.1) is 15.3 Å². The van der Waals surface area contributed by atoms with Crippen LogP contribution in [0.4, 0.5) is 0 Å². The van der Waals surface area contributed by atoms with Crippen molar-refractivity contribution in [2.24, 2.45) is 5.84 Å². The lowest BCUT2D eigenvalue weighted by molar-refractivity contribution is 0.0948. The molecule has 0 aliphatic carbocycles. The zero-order chi connectivity index (χ0) is 13.7. The van der Waals surface area contributed by atoms with Gasteiger partial charge in [0.05, 0.1) is 12.7 Å². The first-order chi connectivity index (χ1) is 9.22. The topological polar surface area (TPSA) is 112 Å². The van der Waals surface area contributed by atoms with Gasteiger partial charge in [-0.1, -0.05) is 40.1 Å². The first-order valence-electron chi connectivity index (χ1n) is 5.14. The van der Waals surface area contributed by atoms with E-state index in [1.165, 1.54) is 0 Å². The number of amides is 1. The Hall–Kier alpha value is -1.17. The van der Waals surface area contributed by atoms with Crippen molar-refractivity contribution in [2.45, 2.75) is 15.2 Å². The molecular weight excluding hydrogens is 306 g/mol. The quantitative estimate of drug-likeness (QED) is 0.337. The average Bonchev–Trinajstić information content (AvgIpc) is 3.07. The van der Waals surface area contributed by atoms with Crippen molar-refractivity contribution >= 4 is 40.8 Å². The molecule has 1 amide bonds. The van der Waals surface area contributed by atoms with Gasteiger partial charge in [0.25, 0.3) is 5.91 Å². The fourth-order valence-electron chi connectivity index (χ4n) is 1.15. The average molecular weight is 317 g/mol. The summed E-state index contributed by atoms with van der Waals surface area (Å²) < 4.78 is 3.46. The SMILES string of the molecule is CSc1nnc(SCCn2cc(C(=O)NN)nn2)s1. The molecule has 0 unspecified atom stereocenters. The fraction of sp³-hybridized carbons (Fsp3) is 0.375. The number of nitrogens with two attached hydrogens (primary N) is 1. The van der Waals surface area contributed by atoms with Gasteiger partial charge in [0.2, 0.25) is 0 Å². The Kier molecular flexibility index (Phi) is 5.13. The van der Waals surface area contributed by atoms with E-state index >= 15 is 0 Å². The van der Waals surface area contributed by atoms with Crippen molar-refractivity contribution in [3.05, 3.63) is 11.9 Å². The van der Waals surface area contributed by atoms with Crippen LogP contribution in [-0.2, 0) is 6.54 Å². The molecule has 0 atom stereocenters. The number of carbonyl (C=O) groups excluding carboxylic acids is 1. The predicted molar refractivity (Wildman–Crippen MR) is 74.1 cm³/mol. The van der Waals surface area contributed by atoms with Gasteiger partial charge in [-0.3, -0.25) is 14.9 Å². The van der Waals surface area contributed by atoms with Crippen LogP contribution in [0, 0.1) is 0 Å². The minimum Gasteiger partial charge on any atom is -0.289 e. The van der Waals surface area contributed by atoms with Crippen molar-refractivity contribution < 1.29 is 4.79 Å². The maximum Gasteiger partial charge on any atom is 0.287 e. The van der Waals surface area contributed by atoms with Gasteiger partial charge < -0.3 is 0 Å².